The number of piperidine rings is 1. The Morgan fingerprint density at radius 1 is 1.13 bits per heavy atom. The minimum Gasteiger partial charge on any atom is -0.433 e. The van der Waals surface area contributed by atoms with E-state index in [-0.39, 0.29) is 30.3 Å². The molecule has 10 heteroatoms. The van der Waals surface area contributed by atoms with Gasteiger partial charge in [-0.15, -0.1) is 5.06 Å². The Hall–Kier alpha value is -3.76. The molecule has 2 aromatic heterocycles. The van der Waals surface area contributed by atoms with E-state index in [1.807, 2.05) is 42.5 Å². The molecule has 0 aliphatic carbocycles. The number of benzene rings is 1. The molecule has 2 aliphatic rings. The van der Waals surface area contributed by atoms with Gasteiger partial charge in [0.05, 0.1) is 24.9 Å². The van der Waals surface area contributed by atoms with Crippen molar-refractivity contribution >= 4 is 12.1 Å². The van der Waals surface area contributed by atoms with E-state index in [1.54, 1.807) is 35.0 Å². The Kier molecular flexibility index (Phi) is 7.94. The first-order valence-electron chi connectivity index (χ1n) is 13.6. The number of carbonyl (C=O) groups is 1. The summed E-state index contributed by atoms with van der Waals surface area (Å²) in [5, 5.41) is 13.1. The SMILES string of the molecule is CCOC(=O)ON1CCC2(CCn3c(nc(-c4ccncc4)cc3=O)N2C[C@@H](O)c2ccccc2)CC1CC. The molecule has 1 spiro atoms. The molecular weight excluding hydrogens is 498 g/mol. The second kappa shape index (κ2) is 11.5. The normalized spacial score (nSPS) is 21.8. The maximum absolute atomic E-state index is 13.3. The molecular formula is C29H35N5O5. The minimum absolute atomic E-state index is 0.0545. The van der Waals surface area contributed by atoms with Crippen molar-refractivity contribution in [2.24, 2.45) is 0 Å². The number of aliphatic hydroxyl groups excluding tert-OH is 1. The topological polar surface area (TPSA) is 110 Å². The number of ether oxygens (including phenoxy) is 1. The maximum atomic E-state index is 13.3. The number of hydrogen-bond acceptors (Lipinski definition) is 9. The van der Waals surface area contributed by atoms with E-state index in [9.17, 15) is 14.7 Å². The highest BCUT2D eigenvalue weighted by molar-refractivity contribution is 5.60. The number of β-amino-alcohol motifs (C(OH)–C–C–N with tert-alkyl or cyclic N) is 1. The van der Waals surface area contributed by atoms with Crippen LogP contribution in [0, 0.1) is 0 Å². The molecule has 10 nitrogen and oxygen atoms in total. The molecule has 2 unspecified atom stereocenters. The quantitative estimate of drug-likeness (QED) is 0.452. The van der Waals surface area contributed by atoms with Crippen molar-refractivity contribution in [3.8, 4) is 11.3 Å². The lowest BCUT2D eigenvalue weighted by atomic mass is 9.77. The van der Waals surface area contributed by atoms with Crippen LogP contribution >= 0.6 is 0 Å². The van der Waals surface area contributed by atoms with Crippen LogP contribution in [0.1, 0.15) is 51.2 Å². The van der Waals surface area contributed by atoms with E-state index < -0.39 is 12.3 Å². The summed E-state index contributed by atoms with van der Waals surface area (Å²) in [5.41, 5.74) is 1.66. The van der Waals surface area contributed by atoms with Gasteiger partial charge in [-0.05, 0) is 50.3 Å². The van der Waals surface area contributed by atoms with Crippen LogP contribution < -0.4 is 10.5 Å². The van der Waals surface area contributed by atoms with Gasteiger partial charge in [-0.1, -0.05) is 37.3 Å². The van der Waals surface area contributed by atoms with Crippen LogP contribution in [0.15, 0.2) is 65.7 Å². The van der Waals surface area contributed by atoms with Crippen molar-refractivity contribution in [3.63, 3.8) is 0 Å². The number of nitrogens with zero attached hydrogens (tertiary/aromatic N) is 5. The second-order valence-electron chi connectivity index (χ2n) is 10.1. The summed E-state index contributed by atoms with van der Waals surface area (Å²) < 4.78 is 6.72. The number of rotatable bonds is 7. The monoisotopic (exact) mass is 533 g/mol. The van der Waals surface area contributed by atoms with E-state index in [0.29, 0.717) is 44.0 Å². The Morgan fingerprint density at radius 3 is 2.59 bits per heavy atom. The predicted octanol–water partition coefficient (Wildman–Crippen LogP) is 3.95. The van der Waals surface area contributed by atoms with Gasteiger partial charge in [0, 0.05) is 48.7 Å². The first kappa shape index (κ1) is 26.8. The van der Waals surface area contributed by atoms with E-state index in [4.69, 9.17) is 14.6 Å². The van der Waals surface area contributed by atoms with Gasteiger partial charge in [0.15, 0.2) is 0 Å². The Balaban J connectivity index is 1.54. The van der Waals surface area contributed by atoms with E-state index in [0.717, 1.165) is 17.5 Å². The Morgan fingerprint density at radius 2 is 1.87 bits per heavy atom. The standard InChI is InChI=1S/C29H35N5O5/c1-3-23-19-29(13-17-34(23)39-28(37)38-4-2)12-16-32-26(36)18-24(21-10-14-30-15-11-21)31-27(32)33(29)20-25(35)22-8-6-5-7-9-22/h5-11,14-15,18,23,25,35H,3-4,12-13,16-17,19-20H2,1-2H3/t23?,25-,29?/m1/s1. The molecule has 5 rings (SSSR count). The molecule has 1 fully saturated rings. The lowest BCUT2D eigenvalue weighted by Gasteiger charge is -2.54. The van der Waals surface area contributed by atoms with Crippen LogP contribution in [-0.4, -0.2) is 62.1 Å². The highest BCUT2D eigenvalue weighted by Gasteiger charge is 2.48. The van der Waals surface area contributed by atoms with E-state index in [2.05, 4.69) is 16.8 Å². The summed E-state index contributed by atoms with van der Waals surface area (Å²) in [5.74, 6) is 0.546. The van der Waals surface area contributed by atoms with Crippen molar-refractivity contribution in [1.82, 2.24) is 19.6 Å². The largest absolute Gasteiger partial charge is 0.527 e. The van der Waals surface area contributed by atoms with E-state index in [1.165, 1.54) is 0 Å². The van der Waals surface area contributed by atoms with Crippen molar-refractivity contribution in [2.45, 2.75) is 63.8 Å². The summed E-state index contributed by atoms with van der Waals surface area (Å²) in [6, 6.07) is 14.7. The third kappa shape index (κ3) is 5.53. The molecule has 206 valence electrons. The second-order valence-corrected chi connectivity index (χ2v) is 10.1. The number of aliphatic hydroxyl groups is 1. The smallest absolute Gasteiger partial charge is 0.433 e. The average Bonchev–Trinajstić information content (AvgIpc) is 2.96. The molecule has 1 saturated heterocycles. The van der Waals surface area contributed by atoms with E-state index >= 15 is 0 Å². The fraction of sp³-hybridized carbons (Fsp3) is 0.448. The minimum atomic E-state index is -0.787. The number of hydrogen-bond donors (Lipinski definition) is 1. The van der Waals surface area contributed by atoms with Gasteiger partial charge in [0.25, 0.3) is 5.56 Å². The van der Waals surface area contributed by atoms with Gasteiger partial charge in [-0.2, -0.15) is 0 Å². The lowest BCUT2D eigenvalue weighted by molar-refractivity contribution is -0.176. The van der Waals surface area contributed by atoms with Crippen molar-refractivity contribution in [2.75, 3.05) is 24.6 Å². The lowest BCUT2D eigenvalue weighted by Crippen LogP contribution is -2.63. The van der Waals surface area contributed by atoms with Crippen LogP contribution in [0.2, 0.25) is 0 Å². The van der Waals surface area contributed by atoms with Gasteiger partial charge in [-0.3, -0.25) is 14.3 Å². The van der Waals surface area contributed by atoms with Crippen LogP contribution in [0.25, 0.3) is 11.3 Å². The van der Waals surface area contributed by atoms with Gasteiger partial charge in [0.2, 0.25) is 5.95 Å². The summed E-state index contributed by atoms with van der Waals surface area (Å²) in [6.07, 6.45) is 4.68. The van der Waals surface area contributed by atoms with Crippen LogP contribution in [0.3, 0.4) is 0 Å². The fourth-order valence-electron chi connectivity index (χ4n) is 5.80. The van der Waals surface area contributed by atoms with Gasteiger partial charge >= 0.3 is 6.16 Å². The van der Waals surface area contributed by atoms with Crippen LogP contribution in [-0.2, 0) is 16.1 Å². The number of fused-ring (bicyclic) bond motifs is 1. The van der Waals surface area contributed by atoms with Crippen LogP contribution in [0.5, 0.6) is 0 Å². The number of anilines is 1. The van der Waals surface area contributed by atoms with Gasteiger partial charge in [-0.25, -0.2) is 9.78 Å². The van der Waals surface area contributed by atoms with Gasteiger partial charge < -0.3 is 19.6 Å². The first-order valence-corrected chi connectivity index (χ1v) is 13.6. The zero-order chi connectivity index (χ0) is 27.4. The van der Waals surface area contributed by atoms with Crippen molar-refractivity contribution in [3.05, 3.63) is 76.8 Å². The summed E-state index contributed by atoms with van der Waals surface area (Å²) in [6.45, 7) is 5.35. The zero-order valence-electron chi connectivity index (χ0n) is 22.4. The first-order chi connectivity index (χ1) is 18.9. The Bertz CT molecular complexity index is 1330. The molecule has 0 bridgehead atoms. The number of pyridine rings is 1. The third-order valence-corrected chi connectivity index (χ3v) is 7.86. The molecule has 39 heavy (non-hydrogen) atoms. The highest BCUT2D eigenvalue weighted by Crippen LogP contribution is 2.43. The summed E-state index contributed by atoms with van der Waals surface area (Å²) >= 11 is 0. The maximum Gasteiger partial charge on any atom is 0.527 e. The molecule has 0 saturated carbocycles. The highest BCUT2D eigenvalue weighted by atomic mass is 16.8. The van der Waals surface area contributed by atoms with Crippen molar-refractivity contribution in [1.29, 1.82) is 0 Å². The third-order valence-electron chi connectivity index (χ3n) is 7.86. The number of carbonyl (C=O) groups excluding carboxylic acids is 1. The molecule has 1 aromatic carbocycles. The molecule has 4 heterocycles. The number of hydroxylamine groups is 2. The fourth-order valence-corrected chi connectivity index (χ4v) is 5.80. The molecule has 2 aliphatic heterocycles. The molecule has 0 radical (unpaired) electrons. The average molecular weight is 534 g/mol. The van der Waals surface area contributed by atoms with Gasteiger partial charge in [0.1, 0.15) is 0 Å². The number of aromatic nitrogens is 3. The molecule has 3 aromatic rings. The van der Waals surface area contributed by atoms with Crippen LogP contribution in [0.4, 0.5) is 10.7 Å². The Labute approximate surface area is 227 Å². The zero-order valence-corrected chi connectivity index (χ0v) is 22.4. The molecule has 1 N–H and O–H groups in total. The van der Waals surface area contributed by atoms with Crippen molar-refractivity contribution < 1.29 is 19.5 Å². The summed E-state index contributed by atoms with van der Waals surface area (Å²) in [4.78, 5) is 42.2. The predicted molar refractivity (Wildman–Crippen MR) is 146 cm³/mol. The molecule has 0 amide bonds. The summed E-state index contributed by atoms with van der Waals surface area (Å²) in [7, 11) is 0. The molecule has 3 atom stereocenters.